The maximum Gasteiger partial charge on any atom is 0.366 e. The molecule has 1 aromatic heterocycles. The van der Waals surface area contributed by atoms with Crippen molar-refractivity contribution >= 4 is 6.41 Å². The van der Waals surface area contributed by atoms with Crippen LogP contribution in [0, 0.1) is 0 Å². The molecule has 1 aromatic rings. The van der Waals surface area contributed by atoms with Crippen LogP contribution in [0.1, 0.15) is 0 Å². The maximum absolute atomic E-state index is 12.3. The molecule has 6 heteroatoms. The maximum atomic E-state index is 12.3. The van der Waals surface area contributed by atoms with E-state index in [9.17, 15) is 18.9 Å². The molecule has 58 valence electrons. The van der Waals surface area contributed by atoms with E-state index >= 15 is 0 Å². The van der Waals surface area contributed by atoms with Crippen molar-refractivity contribution in [3.63, 3.8) is 0 Å². The van der Waals surface area contributed by atoms with Crippen molar-refractivity contribution in [2.75, 3.05) is 0 Å². The van der Waals surface area contributed by atoms with E-state index in [2.05, 4.69) is 0 Å². The van der Waals surface area contributed by atoms with Crippen LogP contribution in [0.15, 0.2) is 21.9 Å². The van der Waals surface area contributed by atoms with Crippen LogP contribution in [0.2, 0.25) is 0 Å². The fourth-order valence-electron chi connectivity index (χ4n) is 0.549. The van der Waals surface area contributed by atoms with Crippen molar-refractivity contribution < 1.29 is 9.28 Å². The van der Waals surface area contributed by atoms with Gasteiger partial charge in [0.1, 0.15) is 0 Å². The second kappa shape index (κ2) is 2.49. The third-order valence-electron chi connectivity index (χ3n) is 1.07. The number of hydrogen-bond acceptors (Lipinski definition) is 3. The van der Waals surface area contributed by atoms with Crippen LogP contribution in [-0.4, -0.2) is 15.8 Å². The lowest BCUT2D eigenvalue weighted by Gasteiger charge is -1.92. The molecule has 0 spiro atoms. The van der Waals surface area contributed by atoms with Crippen LogP contribution < -0.4 is 11.2 Å². The summed E-state index contributed by atoms with van der Waals surface area (Å²) in [6.45, 7) is 0. The van der Waals surface area contributed by atoms with Crippen molar-refractivity contribution in [2.24, 2.45) is 0 Å². The van der Waals surface area contributed by atoms with Gasteiger partial charge in [-0.15, -0.1) is 0 Å². The number of nitrogens with zero attached hydrogens (tertiary/aromatic N) is 2. The SMILES string of the molecule is O=Cn1ccc(=O)n(F)c1=O. The average molecular weight is 158 g/mol. The van der Waals surface area contributed by atoms with Gasteiger partial charge in [-0.1, -0.05) is 9.27 Å². The summed E-state index contributed by atoms with van der Waals surface area (Å²) >= 11 is 0. The van der Waals surface area contributed by atoms with Gasteiger partial charge in [-0.05, 0) is 0 Å². The summed E-state index contributed by atoms with van der Waals surface area (Å²) < 4.78 is 12.7. The Bertz CT molecular complexity index is 391. The summed E-state index contributed by atoms with van der Waals surface area (Å²) in [6, 6.07) is 0.774. The second-order valence-electron chi connectivity index (χ2n) is 1.73. The Morgan fingerprint density at radius 3 is 2.64 bits per heavy atom. The second-order valence-corrected chi connectivity index (χ2v) is 1.73. The van der Waals surface area contributed by atoms with E-state index in [-0.39, 0.29) is 6.41 Å². The Hall–Kier alpha value is -1.72. The Kier molecular flexibility index (Phi) is 1.67. The molecule has 0 N–H and O–H groups in total. The molecule has 0 radical (unpaired) electrons. The van der Waals surface area contributed by atoms with Gasteiger partial charge in [-0.25, -0.2) is 9.36 Å². The molecular weight excluding hydrogens is 155 g/mol. The number of rotatable bonds is 1. The van der Waals surface area contributed by atoms with Crippen LogP contribution in [0.5, 0.6) is 0 Å². The Balaban J connectivity index is 3.62. The molecule has 0 aliphatic rings. The van der Waals surface area contributed by atoms with Gasteiger partial charge < -0.3 is 0 Å². The zero-order valence-corrected chi connectivity index (χ0v) is 5.23. The molecule has 0 atom stereocenters. The Labute approximate surface area is 59.2 Å². The summed E-state index contributed by atoms with van der Waals surface area (Å²) in [4.78, 5) is 30.2. The first-order valence-electron chi connectivity index (χ1n) is 2.62. The van der Waals surface area contributed by atoms with E-state index < -0.39 is 16.0 Å². The third-order valence-corrected chi connectivity index (χ3v) is 1.07. The molecule has 0 aliphatic heterocycles. The van der Waals surface area contributed by atoms with Crippen LogP contribution >= 0.6 is 0 Å². The highest BCUT2D eigenvalue weighted by atomic mass is 19.2. The van der Waals surface area contributed by atoms with E-state index in [0.717, 1.165) is 12.3 Å². The molecule has 0 saturated carbocycles. The van der Waals surface area contributed by atoms with Gasteiger partial charge in [-0.3, -0.25) is 9.59 Å². The minimum absolute atomic E-state index is 0.109. The lowest BCUT2D eigenvalue weighted by atomic mass is 10.6. The van der Waals surface area contributed by atoms with Crippen LogP contribution in [0.4, 0.5) is 4.48 Å². The molecular formula is C5H3FN2O3. The first kappa shape index (κ1) is 7.39. The minimum Gasteiger partial charge on any atom is -0.278 e. The zero-order chi connectivity index (χ0) is 8.43. The van der Waals surface area contributed by atoms with Gasteiger partial charge in [0, 0.05) is 12.3 Å². The molecule has 1 heterocycles. The van der Waals surface area contributed by atoms with Gasteiger partial charge in [0.05, 0.1) is 0 Å². The minimum atomic E-state index is -1.30. The molecule has 5 nitrogen and oxygen atoms in total. The lowest BCUT2D eigenvalue weighted by molar-refractivity contribution is 0.325. The first-order valence-corrected chi connectivity index (χ1v) is 2.62. The highest BCUT2D eigenvalue weighted by Crippen LogP contribution is 1.70. The van der Waals surface area contributed by atoms with Crippen LogP contribution in [0.3, 0.4) is 0 Å². The molecule has 0 bridgehead atoms. The summed E-state index contributed by atoms with van der Waals surface area (Å²) in [5.74, 6) is 0. The summed E-state index contributed by atoms with van der Waals surface area (Å²) in [6.07, 6.45) is 1.01. The van der Waals surface area contributed by atoms with E-state index in [1.165, 1.54) is 0 Å². The quantitative estimate of drug-likeness (QED) is 0.481. The van der Waals surface area contributed by atoms with E-state index in [4.69, 9.17) is 0 Å². The molecule has 11 heavy (non-hydrogen) atoms. The molecule has 0 saturated heterocycles. The van der Waals surface area contributed by atoms with Gasteiger partial charge in [0.15, 0.2) is 0 Å². The predicted octanol–water partition coefficient (Wildman–Crippen LogP) is -1.22. The van der Waals surface area contributed by atoms with E-state index in [1.807, 2.05) is 0 Å². The number of hydrogen-bond donors (Lipinski definition) is 0. The largest absolute Gasteiger partial charge is 0.366 e. The smallest absolute Gasteiger partial charge is 0.278 e. The van der Waals surface area contributed by atoms with E-state index in [0.29, 0.717) is 4.57 Å². The number of aromatic nitrogens is 2. The van der Waals surface area contributed by atoms with Gasteiger partial charge in [0.2, 0.25) is 6.41 Å². The van der Waals surface area contributed by atoms with Gasteiger partial charge >= 0.3 is 5.69 Å². The molecule has 1 rings (SSSR count). The van der Waals surface area contributed by atoms with Crippen LogP contribution in [-0.2, 0) is 4.79 Å². The van der Waals surface area contributed by atoms with Crippen molar-refractivity contribution in [1.29, 1.82) is 0 Å². The highest BCUT2D eigenvalue weighted by molar-refractivity contribution is 5.50. The Morgan fingerprint density at radius 1 is 1.45 bits per heavy atom. The van der Waals surface area contributed by atoms with Gasteiger partial charge in [-0.2, -0.15) is 0 Å². The zero-order valence-electron chi connectivity index (χ0n) is 5.23. The number of halogens is 1. The summed E-state index contributed by atoms with van der Waals surface area (Å²) in [5.41, 5.74) is -2.39. The molecule has 0 aromatic carbocycles. The lowest BCUT2D eigenvalue weighted by Crippen LogP contribution is -2.34. The molecule has 0 fully saturated rings. The topological polar surface area (TPSA) is 61.1 Å². The standard InChI is InChI=1S/C5H3FN2O3/c6-8-4(10)1-2-7(3-9)5(8)11/h1-3H. The van der Waals surface area contributed by atoms with Crippen molar-refractivity contribution in [1.82, 2.24) is 9.36 Å². The first-order chi connectivity index (χ1) is 5.16. The monoisotopic (exact) mass is 158 g/mol. The fraction of sp³-hybridized carbons (Fsp3) is 0. The van der Waals surface area contributed by atoms with E-state index in [1.54, 1.807) is 0 Å². The van der Waals surface area contributed by atoms with Crippen LogP contribution in [0.25, 0.3) is 0 Å². The number of carbonyl (C=O) groups excluding carboxylic acids is 1. The molecule has 0 aliphatic carbocycles. The number of carbonyl (C=O) groups is 1. The summed E-state index contributed by atoms with van der Waals surface area (Å²) in [5, 5.41) is 0. The third kappa shape index (κ3) is 1.09. The highest BCUT2D eigenvalue weighted by Gasteiger charge is 2.00. The predicted molar refractivity (Wildman–Crippen MR) is 33.6 cm³/mol. The van der Waals surface area contributed by atoms with Crippen molar-refractivity contribution in [2.45, 2.75) is 0 Å². The molecule has 0 unspecified atom stereocenters. The van der Waals surface area contributed by atoms with Crippen molar-refractivity contribution in [3.05, 3.63) is 33.1 Å². The molecule has 0 amide bonds. The summed E-state index contributed by atoms with van der Waals surface area (Å²) in [7, 11) is 0. The van der Waals surface area contributed by atoms with Crippen molar-refractivity contribution in [3.8, 4) is 0 Å². The average Bonchev–Trinajstić information content (AvgIpc) is 2.01. The Morgan fingerprint density at radius 2 is 2.09 bits per heavy atom. The van der Waals surface area contributed by atoms with Gasteiger partial charge in [0.25, 0.3) is 5.56 Å². The normalized spacial score (nSPS) is 9.55. The fourth-order valence-corrected chi connectivity index (χ4v) is 0.549.